The van der Waals surface area contributed by atoms with Crippen molar-refractivity contribution in [3.63, 3.8) is 0 Å². The quantitative estimate of drug-likeness (QED) is 0.721. The van der Waals surface area contributed by atoms with Gasteiger partial charge in [0.15, 0.2) is 0 Å². The fraction of sp³-hybridized carbons (Fsp3) is 0.429. The summed E-state index contributed by atoms with van der Waals surface area (Å²) in [5, 5.41) is 8.80. The molecule has 1 aromatic carbocycles. The molecule has 0 saturated heterocycles. The SMILES string of the molecule is COCCCC(=O)N(C)Cc1cccc(C#N)c1. The molecular weight excluding hydrogens is 228 g/mol. The molecule has 4 heteroatoms. The van der Waals surface area contributed by atoms with E-state index in [1.54, 1.807) is 31.2 Å². The van der Waals surface area contributed by atoms with Crippen molar-refractivity contribution in [1.29, 1.82) is 5.26 Å². The molecule has 1 rings (SSSR count). The lowest BCUT2D eigenvalue weighted by atomic mass is 10.1. The van der Waals surface area contributed by atoms with Crippen LogP contribution < -0.4 is 0 Å². The summed E-state index contributed by atoms with van der Waals surface area (Å²) in [4.78, 5) is 13.5. The number of hydrogen-bond donors (Lipinski definition) is 0. The van der Waals surface area contributed by atoms with E-state index in [0.717, 1.165) is 12.0 Å². The minimum atomic E-state index is 0.0920. The molecule has 0 atom stereocenters. The molecule has 4 nitrogen and oxygen atoms in total. The van der Waals surface area contributed by atoms with Crippen molar-refractivity contribution in [1.82, 2.24) is 4.90 Å². The van der Waals surface area contributed by atoms with Gasteiger partial charge in [0.1, 0.15) is 0 Å². The fourth-order valence-electron chi connectivity index (χ4n) is 1.66. The van der Waals surface area contributed by atoms with Crippen LogP contribution in [0.15, 0.2) is 24.3 Å². The lowest BCUT2D eigenvalue weighted by Crippen LogP contribution is -2.26. The predicted molar refractivity (Wildman–Crippen MR) is 68.7 cm³/mol. The lowest BCUT2D eigenvalue weighted by molar-refractivity contribution is -0.130. The predicted octanol–water partition coefficient (Wildman–Crippen LogP) is 1.94. The molecule has 0 bridgehead atoms. The lowest BCUT2D eigenvalue weighted by Gasteiger charge is -2.17. The molecule has 0 fully saturated rings. The fourth-order valence-corrected chi connectivity index (χ4v) is 1.66. The van der Waals surface area contributed by atoms with Gasteiger partial charge >= 0.3 is 0 Å². The Labute approximate surface area is 108 Å². The van der Waals surface area contributed by atoms with Crippen LogP contribution in [0.1, 0.15) is 24.0 Å². The number of methoxy groups -OCH3 is 1. The maximum Gasteiger partial charge on any atom is 0.222 e. The third-order valence-corrected chi connectivity index (χ3v) is 2.64. The summed E-state index contributed by atoms with van der Waals surface area (Å²) in [6.45, 7) is 1.13. The molecule has 0 aliphatic rings. The zero-order valence-corrected chi connectivity index (χ0v) is 10.8. The van der Waals surface area contributed by atoms with Crippen LogP contribution in [-0.4, -0.2) is 31.6 Å². The molecule has 0 aliphatic carbocycles. The molecular formula is C14H18N2O2. The van der Waals surface area contributed by atoms with Crippen molar-refractivity contribution in [2.75, 3.05) is 20.8 Å². The number of amides is 1. The topological polar surface area (TPSA) is 53.3 Å². The number of rotatable bonds is 6. The number of hydrogen-bond acceptors (Lipinski definition) is 3. The largest absolute Gasteiger partial charge is 0.385 e. The molecule has 0 heterocycles. The van der Waals surface area contributed by atoms with Crippen LogP contribution in [0.5, 0.6) is 0 Å². The van der Waals surface area contributed by atoms with Gasteiger partial charge in [0.25, 0.3) is 0 Å². The second-order valence-corrected chi connectivity index (χ2v) is 4.16. The molecule has 0 aromatic heterocycles. The van der Waals surface area contributed by atoms with Gasteiger partial charge in [0, 0.05) is 33.7 Å². The Bertz CT molecular complexity index is 438. The Morgan fingerprint density at radius 3 is 2.94 bits per heavy atom. The minimum absolute atomic E-state index is 0.0920. The molecule has 18 heavy (non-hydrogen) atoms. The van der Waals surface area contributed by atoms with E-state index < -0.39 is 0 Å². The van der Waals surface area contributed by atoms with Crippen molar-refractivity contribution in [2.24, 2.45) is 0 Å². The number of nitrogens with zero attached hydrogens (tertiary/aromatic N) is 2. The van der Waals surface area contributed by atoms with Crippen LogP contribution in [0.3, 0.4) is 0 Å². The highest BCUT2D eigenvalue weighted by molar-refractivity contribution is 5.75. The molecule has 96 valence electrons. The first kappa shape index (κ1) is 14.2. The highest BCUT2D eigenvalue weighted by Crippen LogP contribution is 2.08. The molecule has 0 aliphatic heterocycles. The van der Waals surface area contributed by atoms with Crippen molar-refractivity contribution < 1.29 is 9.53 Å². The molecule has 0 spiro atoms. The van der Waals surface area contributed by atoms with Gasteiger partial charge in [-0.25, -0.2) is 0 Å². The van der Waals surface area contributed by atoms with E-state index in [1.165, 1.54) is 0 Å². The van der Waals surface area contributed by atoms with Crippen LogP contribution in [0.2, 0.25) is 0 Å². The summed E-state index contributed by atoms with van der Waals surface area (Å²) in [6.07, 6.45) is 1.22. The molecule has 0 radical (unpaired) electrons. The maximum atomic E-state index is 11.8. The first-order valence-electron chi connectivity index (χ1n) is 5.89. The summed E-state index contributed by atoms with van der Waals surface area (Å²) in [5.74, 6) is 0.0920. The van der Waals surface area contributed by atoms with Gasteiger partial charge in [-0.15, -0.1) is 0 Å². The number of carbonyl (C=O) groups is 1. The van der Waals surface area contributed by atoms with Gasteiger partial charge in [0.05, 0.1) is 11.6 Å². The molecule has 0 saturated carbocycles. The van der Waals surface area contributed by atoms with Crippen LogP contribution >= 0.6 is 0 Å². The number of nitriles is 1. The summed E-state index contributed by atoms with van der Waals surface area (Å²) in [5.41, 5.74) is 1.59. The van der Waals surface area contributed by atoms with Crippen LogP contribution in [0.4, 0.5) is 0 Å². The number of carbonyl (C=O) groups excluding carboxylic acids is 1. The van der Waals surface area contributed by atoms with E-state index in [9.17, 15) is 4.79 Å². The summed E-state index contributed by atoms with van der Waals surface area (Å²) in [6, 6.07) is 9.40. The van der Waals surface area contributed by atoms with Crippen molar-refractivity contribution >= 4 is 5.91 Å². The first-order valence-corrected chi connectivity index (χ1v) is 5.89. The normalized spacial score (nSPS) is 9.83. The van der Waals surface area contributed by atoms with Gasteiger partial charge in [-0.05, 0) is 24.1 Å². The van der Waals surface area contributed by atoms with E-state index in [2.05, 4.69) is 6.07 Å². The monoisotopic (exact) mass is 246 g/mol. The van der Waals surface area contributed by atoms with Crippen molar-refractivity contribution in [3.05, 3.63) is 35.4 Å². The number of benzene rings is 1. The Balaban J connectivity index is 2.50. The highest BCUT2D eigenvalue weighted by Gasteiger charge is 2.09. The molecule has 0 N–H and O–H groups in total. The van der Waals surface area contributed by atoms with Crippen LogP contribution in [-0.2, 0) is 16.1 Å². The molecule has 0 unspecified atom stereocenters. The summed E-state index contributed by atoms with van der Waals surface area (Å²) in [7, 11) is 3.40. The Morgan fingerprint density at radius 2 is 2.28 bits per heavy atom. The third kappa shape index (κ3) is 4.56. The number of ether oxygens (including phenoxy) is 1. The standard InChI is InChI=1S/C14H18N2O2/c1-16(14(17)7-4-8-18-2)11-13-6-3-5-12(9-13)10-15/h3,5-6,9H,4,7-8,11H2,1-2H3. The molecule has 1 aromatic rings. The van der Waals surface area contributed by atoms with Gasteiger partial charge in [0.2, 0.25) is 5.91 Å². The van der Waals surface area contributed by atoms with Crippen LogP contribution in [0.25, 0.3) is 0 Å². The van der Waals surface area contributed by atoms with E-state index in [1.807, 2.05) is 12.1 Å². The second-order valence-electron chi connectivity index (χ2n) is 4.16. The van der Waals surface area contributed by atoms with Gasteiger partial charge in [-0.3, -0.25) is 4.79 Å². The zero-order valence-electron chi connectivity index (χ0n) is 10.8. The average Bonchev–Trinajstić information content (AvgIpc) is 2.39. The molecule has 1 amide bonds. The van der Waals surface area contributed by atoms with Crippen molar-refractivity contribution in [3.8, 4) is 6.07 Å². The smallest absolute Gasteiger partial charge is 0.222 e. The van der Waals surface area contributed by atoms with Crippen molar-refractivity contribution in [2.45, 2.75) is 19.4 Å². The van der Waals surface area contributed by atoms with Gasteiger partial charge in [-0.1, -0.05) is 12.1 Å². The maximum absolute atomic E-state index is 11.8. The van der Waals surface area contributed by atoms with Gasteiger partial charge < -0.3 is 9.64 Å². The van der Waals surface area contributed by atoms with E-state index >= 15 is 0 Å². The van der Waals surface area contributed by atoms with Gasteiger partial charge in [-0.2, -0.15) is 5.26 Å². The summed E-state index contributed by atoms with van der Waals surface area (Å²) >= 11 is 0. The van der Waals surface area contributed by atoms with E-state index in [-0.39, 0.29) is 5.91 Å². The minimum Gasteiger partial charge on any atom is -0.385 e. The Kier molecular flexibility index (Phi) is 5.89. The zero-order chi connectivity index (χ0) is 13.4. The summed E-state index contributed by atoms with van der Waals surface area (Å²) < 4.78 is 4.91. The average molecular weight is 246 g/mol. The Morgan fingerprint density at radius 1 is 1.50 bits per heavy atom. The highest BCUT2D eigenvalue weighted by atomic mass is 16.5. The second kappa shape index (κ2) is 7.46. The third-order valence-electron chi connectivity index (χ3n) is 2.64. The van der Waals surface area contributed by atoms with E-state index in [4.69, 9.17) is 10.00 Å². The van der Waals surface area contributed by atoms with E-state index in [0.29, 0.717) is 25.1 Å². The van der Waals surface area contributed by atoms with Crippen LogP contribution in [0, 0.1) is 11.3 Å². The Hall–Kier alpha value is -1.86. The first-order chi connectivity index (χ1) is 8.67.